The number of rotatable bonds is 6. The van der Waals surface area contributed by atoms with Crippen molar-refractivity contribution in [2.24, 2.45) is 5.92 Å². The number of hydrogen-bond acceptors (Lipinski definition) is 5. The number of likely N-dealkylation sites (tertiary alicyclic amines) is 2. The number of nitrogens with one attached hydrogen (secondary N) is 1. The predicted octanol–water partition coefficient (Wildman–Crippen LogP) is 3.42. The van der Waals surface area contributed by atoms with Crippen LogP contribution < -0.4 is 10.1 Å². The Hall–Kier alpha value is -2.87. The van der Waals surface area contributed by atoms with Crippen LogP contribution in [0.25, 0.3) is 0 Å². The van der Waals surface area contributed by atoms with E-state index in [1.54, 1.807) is 37.4 Å². The SMILES string of the molecule is COc1ccc(C(=O)N2CCC([C@H](NC(=O)c3cccs3)C(=O)N3CCCCC3)CC2)cc1. The number of piperidine rings is 2. The molecule has 0 aliphatic carbocycles. The minimum absolute atomic E-state index is 0.00301. The maximum absolute atomic E-state index is 13.4. The molecule has 0 bridgehead atoms. The standard InChI is InChI=1S/C25H31N3O4S/c1-32-20-9-7-19(8-10-20)24(30)28-15-11-18(12-16-28)22(25(31)27-13-3-2-4-14-27)26-23(29)21-6-5-17-33-21/h5-10,17-18,22H,2-4,11-16H2,1H3,(H,26,29)/t22-/m0/s1. The van der Waals surface area contributed by atoms with Crippen LogP contribution in [0, 0.1) is 5.92 Å². The first-order chi connectivity index (χ1) is 16.1. The third kappa shape index (κ3) is 5.55. The van der Waals surface area contributed by atoms with E-state index in [1.165, 1.54) is 11.3 Å². The van der Waals surface area contributed by atoms with Crippen LogP contribution in [0.3, 0.4) is 0 Å². The van der Waals surface area contributed by atoms with Gasteiger partial charge in [0.05, 0.1) is 12.0 Å². The van der Waals surface area contributed by atoms with Gasteiger partial charge in [-0.2, -0.15) is 0 Å². The largest absolute Gasteiger partial charge is 0.497 e. The molecule has 2 saturated heterocycles. The Kier molecular flexibility index (Phi) is 7.65. The van der Waals surface area contributed by atoms with Gasteiger partial charge >= 0.3 is 0 Å². The molecule has 0 saturated carbocycles. The summed E-state index contributed by atoms with van der Waals surface area (Å²) in [4.78, 5) is 43.5. The van der Waals surface area contributed by atoms with Crippen LogP contribution in [0.4, 0.5) is 0 Å². The fourth-order valence-corrected chi connectivity index (χ4v) is 5.29. The quantitative estimate of drug-likeness (QED) is 0.703. The van der Waals surface area contributed by atoms with Crippen molar-refractivity contribution >= 4 is 29.1 Å². The number of amides is 3. The zero-order chi connectivity index (χ0) is 23.2. The van der Waals surface area contributed by atoms with Crippen LogP contribution in [-0.2, 0) is 4.79 Å². The molecule has 1 aromatic carbocycles. The summed E-state index contributed by atoms with van der Waals surface area (Å²) in [6, 6.07) is 10.2. The molecule has 2 aliphatic rings. The van der Waals surface area contributed by atoms with Gasteiger partial charge in [-0.05, 0) is 73.7 Å². The van der Waals surface area contributed by atoms with Crippen LogP contribution in [0.15, 0.2) is 41.8 Å². The number of benzene rings is 1. The maximum Gasteiger partial charge on any atom is 0.262 e. The van der Waals surface area contributed by atoms with Gasteiger partial charge in [0.25, 0.3) is 11.8 Å². The second kappa shape index (κ2) is 10.8. The van der Waals surface area contributed by atoms with Crippen LogP contribution in [0.1, 0.15) is 52.1 Å². The molecular weight excluding hydrogens is 438 g/mol. The highest BCUT2D eigenvalue weighted by Gasteiger charge is 2.36. The van der Waals surface area contributed by atoms with E-state index in [1.807, 2.05) is 21.2 Å². The number of thiophene rings is 1. The molecule has 33 heavy (non-hydrogen) atoms. The van der Waals surface area contributed by atoms with Gasteiger partial charge in [-0.3, -0.25) is 14.4 Å². The van der Waals surface area contributed by atoms with E-state index in [-0.39, 0.29) is 23.6 Å². The maximum atomic E-state index is 13.4. The van der Waals surface area contributed by atoms with Gasteiger partial charge in [0.1, 0.15) is 11.8 Å². The van der Waals surface area contributed by atoms with Crippen LogP contribution in [0.5, 0.6) is 5.75 Å². The average molecular weight is 470 g/mol. The minimum Gasteiger partial charge on any atom is -0.497 e. The normalized spacial score (nSPS) is 18.0. The summed E-state index contributed by atoms with van der Waals surface area (Å²) in [7, 11) is 1.60. The molecule has 3 amide bonds. The topological polar surface area (TPSA) is 79.0 Å². The third-order valence-corrected chi connectivity index (χ3v) is 7.47. The fourth-order valence-electron chi connectivity index (χ4n) is 4.66. The third-order valence-electron chi connectivity index (χ3n) is 6.60. The molecule has 2 fully saturated rings. The van der Waals surface area contributed by atoms with Gasteiger partial charge in [0, 0.05) is 31.7 Å². The highest BCUT2D eigenvalue weighted by molar-refractivity contribution is 7.12. The molecule has 0 spiro atoms. The first-order valence-corrected chi connectivity index (χ1v) is 12.5. The van der Waals surface area contributed by atoms with Gasteiger partial charge in [-0.25, -0.2) is 0 Å². The first kappa shape index (κ1) is 23.3. The molecule has 0 radical (unpaired) electrons. The summed E-state index contributed by atoms with van der Waals surface area (Å²) in [6.07, 6.45) is 4.51. The molecule has 4 rings (SSSR count). The van der Waals surface area contributed by atoms with Gasteiger partial charge in [-0.1, -0.05) is 6.07 Å². The zero-order valence-electron chi connectivity index (χ0n) is 19.0. The van der Waals surface area contributed by atoms with Gasteiger partial charge in [0.15, 0.2) is 0 Å². The molecule has 3 heterocycles. The van der Waals surface area contributed by atoms with E-state index >= 15 is 0 Å². The summed E-state index contributed by atoms with van der Waals surface area (Å²) in [5.74, 6) is 0.517. The molecule has 1 aromatic heterocycles. The molecular formula is C25H31N3O4S. The lowest BCUT2D eigenvalue weighted by Crippen LogP contribution is -2.55. The van der Waals surface area contributed by atoms with E-state index < -0.39 is 6.04 Å². The van der Waals surface area contributed by atoms with Crippen molar-refractivity contribution in [2.45, 2.75) is 38.1 Å². The summed E-state index contributed by atoms with van der Waals surface area (Å²) in [5.41, 5.74) is 0.626. The van der Waals surface area contributed by atoms with Crippen molar-refractivity contribution in [3.8, 4) is 5.75 Å². The Bertz CT molecular complexity index is 947. The van der Waals surface area contributed by atoms with E-state index in [2.05, 4.69) is 5.32 Å². The lowest BCUT2D eigenvalue weighted by molar-refractivity contribution is -0.136. The lowest BCUT2D eigenvalue weighted by atomic mass is 9.87. The van der Waals surface area contributed by atoms with E-state index in [4.69, 9.17) is 4.74 Å². The van der Waals surface area contributed by atoms with Crippen LogP contribution in [-0.4, -0.2) is 66.9 Å². The van der Waals surface area contributed by atoms with E-state index in [0.29, 0.717) is 42.1 Å². The molecule has 7 nitrogen and oxygen atoms in total. The lowest BCUT2D eigenvalue weighted by Gasteiger charge is -2.38. The zero-order valence-corrected chi connectivity index (χ0v) is 19.8. The van der Waals surface area contributed by atoms with Crippen molar-refractivity contribution < 1.29 is 19.1 Å². The van der Waals surface area contributed by atoms with E-state index in [9.17, 15) is 14.4 Å². The molecule has 1 N–H and O–H groups in total. The highest BCUT2D eigenvalue weighted by atomic mass is 32.1. The van der Waals surface area contributed by atoms with Crippen molar-refractivity contribution in [2.75, 3.05) is 33.3 Å². The Labute approximate surface area is 198 Å². The summed E-state index contributed by atoms with van der Waals surface area (Å²) in [6.45, 7) is 2.63. The Morgan fingerprint density at radius 2 is 1.67 bits per heavy atom. The molecule has 1 atom stereocenters. The number of hydrogen-bond donors (Lipinski definition) is 1. The minimum atomic E-state index is -0.559. The summed E-state index contributed by atoms with van der Waals surface area (Å²) < 4.78 is 5.17. The van der Waals surface area contributed by atoms with Gasteiger partial charge in [-0.15, -0.1) is 11.3 Å². The molecule has 2 aromatic rings. The molecule has 2 aliphatic heterocycles. The van der Waals surface area contributed by atoms with Crippen molar-refractivity contribution in [1.82, 2.24) is 15.1 Å². The number of methoxy groups -OCH3 is 1. The van der Waals surface area contributed by atoms with Crippen molar-refractivity contribution in [3.63, 3.8) is 0 Å². The van der Waals surface area contributed by atoms with E-state index in [0.717, 1.165) is 32.4 Å². The summed E-state index contributed by atoms with van der Waals surface area (Å²) in [5, 5.41) is 4.90. The Morgan fingerprint density at radius 1 is 0.970 bits per heavy atom. The van der Waals surface area contributed by atoms with Gasteiger partial charge in [0.2, 0.25) is 5.91 Å². The molecule has 176 valence electrons. The number of nitrogens with zero attached hydrogens (tertiary/aromatic N) is 2. The highest BCUT2D eigenvalue weighted by Crippen LogP contribution is 2.25. The number of carbonyl (C=O) groups is 3. The second-order valence-electron chi connectivity index (χ2n) is 8.67. The Balaban J connectivity index is 1.43. The first-order valence-electron chi connectivity index (χ1n) is 11.6. The number of carbonyl (C=O) groups excluding carboxylic acids is 3. The predicted molar refractivity (Wildman–Crippen MR) is 128 cm³/mol. The van der Waals surface area contributed by atoms with Crippen LogP contribution >= 0.6 is 11.3 Å². The fraction of sp³-hybridized carbons (Fsp3) is 0.480. The average Bonchev–Trinajstić information content (AvgIpc) is 3.42. The molecule has 0 unspecified atom stereocenters. The van der Waals surface area contributed by atoms with Gasteiger partial charge < -0.3 is 19.9 Å². The number of ether oxygens (including phenoxy) is 1. The van der Waals surface area contributed by atoms with Crippen molar-refractivity contribution in [3.05, 3.63) is 52.2 Å². The summed E-state index contributed by atoms with van der Waals surface area (Å²) >= 11 is 1.37. The molecule has 8 heteroatoms. The Morgan fingerprint density at radius 3 is 2.27 bits per heavy atom. The monoisotopic (exact) mass is 469 g/mol. The van der Waals surface area contributed by atoms with Crippen molar-refractivity contribution in [1.29, 1.82) is 0 Å². The smallest absolute Gasteiger partial charge is 0.262 e. The van der Waals surface area contributed by atoms with Crippen LogP contribution in [0.2, 0.25) is 0 Å². The second-order valence-corrected chi connectivity index (χ2v) is 9.62.